The fraction of sp³-hybridized carbons (Fsp3) is 0.333. The van der Waals surface area contributed by atoms with Crippen LogP contribution in [0.3, 0.4) is 0 Å². The number of benzene rings is 2. The van der Waals surface area contributed by atoms with E-state index in [0.29, 0.717) is 12.4 Å². The smallest absolute Gasteiger partial charge is 0.269 e. The molecule has 0 aliphatic rings. The molecule has 0 fully saturated rings. The summed E-state index contributed by atoms with van der Waals surface area (Å²) in [6.45, 7) is 2.32. The van der Waals surface area contributed by atoms with Crippen LogP contribution in [-0.4, -0.2) is 30.9 Å². The van der Waals surface area contributed by atoms with Crippen molar-refractivity contribution in [3.63, 3.8) is 0 Å². The zero-order valence-corrected chi connectivity index (χ0v) is 15.3. The molecule has 0 radical (unpaired) electrons. The van der Waals surface area contributed by atoms with Crippen molar-refractivity contribution in [3.8, 4) is 5.75 Å². The van der Waals surface area contributed by atoms with Crippen LogP contribution in [0.2, 0.25) is 0 Å². The second-order valence-corrected chi connectivity index (χ2v) is 6.07. The van der Waals surface area contributed by atoms with Crippen molar-refractivity contribution in [3.05, 3.63) is 69.8 Å². The van der Waals surface area contributed by atoms with Crippen molar-refractivity contribution in [2.45, 2.75) is 25.9 Å². The molecular weight excluding hydrogens is 349 g/mol. The van der Waals surface area contributed by atoms with E-state index in [1.807, 2.05) is 24.3 Å². The topological polar surface area (TPSA) is 61.6 Å². The Labute approximate surface area is 158 Å². The fourth-order valence-corrected chi connectivity index (χ4v) is 2.32. The number of hydrogen-bond acceptors (Lipinski definition) is 4. The van der Waals surface area contributed by atoms with Crippen molar-refractivity contribution in [1.82, 2.24) is 0 Å². The lowest BCUT2D eigenvalue weighted by molar-refractivity contribution is -0.384. The third-order valence-electron chi connectivity index (χ3n) is 3.87. The van der Waals surface area contributed by atoms with Gasteiger partial charge in [-0.3, -0.25) is 10.1 Å². The summed E-state index contributed by atoms with van der Waals surface area (Å²) < 4.78 is 24.1. The summed E-state index contributed by atoms with van der Waals surface area (Å²) in [6.07, 6.45) is 5.14. The lowest BCUT2D eigenvalue weighted by Gasteiger charge is -2.16. The third kappa shape index (κ3) is 7.19. The Bertz CT molecular complexity index is 729. The zero-order valence-electron chi connectivity index (χ0n) is 15.3. The van der Waals surface area contributed by atoms with Crippen LogP contribution in [-0.2, 0) is 4.74 Å². The van der Waals surface area contributed by atoms with E-state index in [9.17, 15) is 14.5 Å². The monoisotopic (exact) mass is 373 g/mol. The summed E-state index contributed by atoms with van der Waals surface area (Å²) >= 11 is 0. The highest BCUT2D eigenvalue weighted by Gasteiger charge is 2.10. The maximum Gasteiger partial charge on any atom is 0.269 e. The predicted octanol–water partition coefficient (Wildman–Crippen LogP) is 5.30. The number of ether oxygens (including phenoxy) is 2. The van der Waals surface area contributed by atoms with E-state index < -0.39 is 17.7 Å². The minimum atomic E-state index is -0.608. The number of nitro benzene ring substituents is 1. The van der Waals surface area contributed by atoms with E-state index in [0.717, 1.165) is 24.0 Å². The van der Waals surface area contributed by atoms with Crippen LogP contribution in [0.4, 0.5) is 10.1 Å². The molecule has 144 valence electrons. The van der Waals surface area contributed by atoms with E-state index in [1.54, 1.807) is 24.3 Å². The number of unbranched alkanes of at least 4 members (excludes halogenated alkanes) is 1. The molecule has 0 aromatic heterocycles. The average molecular weight is 373 g/mol. The molecule has 5 nitrogen and oxygen atoms in total. The summed E-state index contributed by atoms with van der Waals surface area (Å²) in [5.41, 5.74) is 1.87. The van der Waals surface area contributed by atoms with Gasteiger partial charge in [0.05, 0.1) is 11.5 Å². The van der Waals surface area contributed by atoms with Crippen LogP contribution >= 0.6 is 0 Å². The van der Waals surface area contributed by atoms with E-state index in [1.165, 1.54) is 12.1 Å². The van der Waals surface area contributed by atoms with Gasteiger partial charge in [-0.25, -0.2) is 4.39 Å². The first-order valence-corrected chi connectivity index (χ1v) is 8.95. The Hall–Kier alpha value is -2.73. The van der Waals surface area contributed by atoms with Crippen molar-refractivity contribution in [2.75, 3.05) is 19.9 Å². The van der Waals surface area contributed by atoms with Crippen molar-refractivity contribution in [1.29, 1.82) is 0 Å². The largest absolute Gasteiger partial charge is 0.485 e. The quantitative estimate of drug-likeness (QED) is 0.232. The van der Waals surface area contributed by atoms with Crippen LogP contribution in [0.15, 0.2) is 48.5 Å². The summed E-state index contributed by atoms with van der Waals surface area (Å²) in [7, 11) is 0. The van der Waals surface area contributed by atoms with Gasteiger partial charge < -0.3 is 9.47 Å². The van der Waals surface area contributed by atoms with E-state index in [-0.39, 0.29) is 12.3 Å². The molecule has 0 spiro atoms. The molecule has 0 amide bonds. The van der Waals surface area contributed by atoms with Gasteiger partial charge in [0.15, 0.2) is 6.10 Å². The summed E-state index contributed by atoms with van der Waals surface area (Å²) in [5.74, 6) is 0.587. The molecule has 1 atom stereocenters. The Balaban J connectivity index is 1.89. The molecule has 0 bridgehead atoms. The van der Waals surface area contributed by atoms with E-state index in [4.69, 9.17) is 9.47 Å². The molecule has 0 saturated heterocycles. The van der Waals surface area contributed by atoms with Gasteiger partial charge >= 0.3 is 0 Å². The van der Waals surface area contributed by atoms with Gasteiger partial charge in [-0.15, -0.1) is 0 Å². The average Bonchev–Trinajstić information content (AvgIpc) is 2.70. The Morgan fingerprint density at radius 3 is 2.19 bits per heavy atom. The molecule has 0 saturated carbocycles. The zero-order chi connectivity index (χ0) is 19.5. The molecule has 27 heavy (non-hydrogen) atoms. The standard InChI is InChI=1S/C21H24FNO4/c1-2-3-14-26-16-21(15-22)27-20-12-8-18(9-13-20)5-4-17-6-10-19(11-7-17)23(24)25/h4-13,21H,2-3,14-16H2,1H3/b5-4+. The highest BCUT2D eigenvalue weighted by molar-refractivity contribution is 5.70. The normalized spacial score (nSPS) is 12.2. The molecule has 0 aliphatic heterocycles. The molecule has 2 aromatic rings. The predicted molar refractivity (Wildman–Crippen MR) is 105 cm³/mol. The SMILES string of the molecule is CCCCOCC(CF)Oc1ccc(/C=C/c2ccc([N+](=O)[O-])cc2)cc1. The molecule has 0 N–H and O–H groups in total. The van der Waals surface area contributed by atoms with Gasteiger partial charge in [0, 0.05) is 18.7 Å². The Morgan fingerprint density at radius 2 is 1.67 bits per heavy atom. The number of hydrogen-bond donors (Lipinski definition) is 0. The highest BCUT2D eigenvalue weighted by atomic mass is 19.1. The summed E-state index contributed by atoms with van der Waals surface area (Å²) in [5, 5.41) is 10.7. The molecule has 0 aliphatic carbocycles. The number of alkyl halides is 1. The highest BCUT2D eigenvalue weighted by Crippen LogP contribution is 2.18. The van der Waals surface area contributed by atoms with Gasteiger partial charge in [0.1, 0.15) is 12.4 Å². The van der Waals surface area contributed by atoms with Gasteiger partial charge in [-0.1, -0.05) is 37.6 Å². The lowest BCUT2D eigenvalue weighted by atomic mass is 10.1. The van der Waals surface area contributed by atoms with Crippen LogP contribution in [0.5, 0.6) is 5.75 Å². The number of non-ortho nitro benzene ring substituents is 1. The number of rotatable bonds is 11. The summed E-state index contributed by atoms with van der Waals surface area (Å²) in [4.78, 5) is 10.2. The molecule has 0 heterocycles. The van der Waals surface area contributed by atoms with Crippen LogP contribution < -0.4 is 4.74 Å². The summed E-state index contributed by atoms with van der Waals surface area (Å²) in [6, 6.07) is 13.6. The van der Waals surface area contributed by atoms with Crippen molar-refractivity contribution >= 4 is 17.8 Å². The minimum absolute atomic E-state index is 0.0646. The second-order valence-electron chi connectivity index (χ2n) is 6.07. The number of halogens is 1. The van der Waals surface area contributed by atoms with Gasteiger partial charge in [0.25, 0.3) is 5.69 Å². The molecule has 2 rings (SSSR count). The molecular formula is C21H24FNO4. The first kappa shape index (κ1) is 20.6. The first-order valence-electron chi connectivity index (χ1n) is 8.95. The number of nitro groups is 1. The van der Waals surface area contributed by atoms with Gasteiger partial charge in [-0.2, -0.15) is 0 Å². The third-order valence-corrected chi connectivity index (χ3v) is 3.87. The second kappa shape index (κ2) is 11.1. The van der Waals surface area contributed by atoms with E-state index in [2.05, 4.69) is 6.92 Å². The van der Waals surface area contributed by atoms with Gasteiger partial charge in [0.2, 0.25) is 0 Å². The lowest BCUT2D eigenvalue weighted by Crippen LogP contribution is -2.25. The van der Waals surface area contributed by atoms with Crippen LogP contribution in [0.1, 0.15) is 30.9 Å². The first-order chi connectivity index (χ1) is 13.1. The van der Waals surface area contributed by atoms with Crippen molar-refractivity contribution < 1.29 is 18.8 Å². The number of nitrogens with zero attached hydrogens (tertiary/aromatic N) is 1. The maximum absolute atomic E-state index is 13.1. The molecule has 6 heteroatoms. The molecule has 1 unspecified atom stereocenters. The Morgan fingerprint density at radius 1 is 1.07 bits per heavy atom. The van der Waals surface area contributed by atoms with E-state index >= 15 is 0 Å². The van der Waals surface area contributed by atoms with Crippen LogP contribution in [0.25, 0.3) is 12.2 Å². The van der Waals surface area contributed by atoms with Gasteiger partial charge in [-0.05, 0) is 41.8 Å². The van der Waals surface area contributed by atoms with Crippen molar-refractivity contribution in [2.24, 2.45) is 0 Å². The van der Waals surface area contributed by atoms with Crippen LogP contribution in [0, 0.1) is 10.1 Å². The molecule has 2 aromatic carbocycles. The Kier molecular flexibility index (Phi) is 8.45. The fourth-order valence-electron chi connectivity index (χ4n) is 2.32. The minimum Gasteiger partial charge on any atom is -0.485 e. The maximum atomic E-state index is 13.1.